The molecule has 0 aromatic heterocycles. The first kappa shape index (κ1) is 15.9. The van der Waals surface area contributed by atoms with Gasteiger partial charge in [0.1, 0.15) is 0 Å². The number of hydrogen-bond donors (Lipinski definition) is 0. The van der Waals surface area contributed by atoms with Crippen molar-refractivity contribution < 1.29 is 3.47 Å². The summed E-state index contributed by atoms with van der Waals surface area (Å²) in [6.45, 7) is 0. The summed E-state index contributed by atoms with van der Waals surface area (Å²) in [7, 11) is 28.3. The maximum absolute atomic E-state index is 11.6. The molecule has 0 nitrogen and oxygen atoms in total. The van der Waals surface area contributed by atoms with Crippen LogP contribution in [0.15, 0.2) is 0 Å². The van der Waals surface area contributed by atoms with Gasteiger partial charge in [0.25, 0.3) is 0 Å². The van der Waals surface area contributed by atoms with Gasteiger partial charge in [0, 0.05) is 0 Å². The van der Waals surface area contributed by atoms with Crippen LogP contribution >= 0.6 is 65.3 Å². The van der Waals surface area contributed by atoms with Crippen LogP contribution in [0.4, 0.5) is 3.47 Å². The molecule has 0 aliphatic rings. The summed E-state index contributed by atoms with van der Waals surface area (Å²) in [6, 6.07) is 0. The van der Waals surface area contributed by atoms with Crippen molar-refractivity contribution in [3.63, 3.8) is 0 Å². The minimum absolute atomic E-state index is 2.18. The fourth-order valence-electron chi connectivity index (χ4n) is 0. The third-order valence-corrected chi connectivity index (χ3v) is 0. The van der Waals surface area contributed by atoms with E-state index in [2.05, 4.69) is 39.8 Å². The second-order valence-corrected chi connectivity index (χ2v) is 37.0. The Morgan fingerprint density at radius 2 is 0.900 bits per heavy atom. The van der Waals surface area contributed by atoms with Gasteiger partial charge in [-0.05, 0) is 0 Å². The molecule has 0 heterocycles. The fourth-order valence-corrected chi connectivity index (χ4v) is 0. The molecule has 0 saturated heterocycles. The van der Waals surface area contributed by atoms with E-state index in [-0.39, 0.29) is 0 Å². The Bertz CT molecular complexity index is 71.8. The standard InChI is InChI=1S/AsCl4F.Bi.3ClH/c2-1(3,4,5)6;;;;/h;;3*1H/q;+3;;;/p-3. The Kier molecular flexibility index (Phi) is 9.50. The zero-order chi connectivity index (χ0) is 9.02. The molecular weight excluding hydrogens is 551 g/mol. The van der Waals surface area contributed by atoms with Crippen LogP contribution in [0, 0.1) is 0 Å². The first-order chi connectivity index (χ1) is 3.97. The van der Waals surface area contributed by atoms with E-state index in [1.165, 1.54) is 0 Å². The van der Waals surface area contributed by atoms with E-state index >= 15 is 0 Å². The summed E-state index contributed by atoms with van der Waals surface area (Å²) in [6.07, 6.45) is 0. The van der Waals surface area contributed by atoms with E-state index in [1.54, 1.807) is 0 Å². The average molecular weight is 551 g/mol. The van der Waals surface area contributed by atoms with Crippen molar-refractivity contribution in [2.45, 2.75) is 0 Å². The normalized spacial score (nSPS) is 15.1. The van der Waals surface area contributed by atoms with Crippen molar-refractivity contribution in [2.75, 3.05) is 0 Å². The van der Waals surface area contributed by atoms with Gasteiger partial charge in [-0.2, -0.15) is 0 Å². The van der Waals surface area contributed by atoms with Crippen LogP contribution in [0.5, 0.6) is 0 Å². The summed E-state index contributed by atoms with van der Waals surface area (Å²) in [5.74, 6) is 0. The molecule has 0 saturated carbocycles. The van der Waals surface area contributed by atoms with Gasteiger partial charge < -0.3 is 0 Å². The van der Waals surface area contributed by atoms with Gasteiger partial charge in [-0.25, -0.2) is 0 Å². The Morgan fingerprint density at radius 3 is 0.900 bits per heavy atom. The first-order valence-corrected chi connectivity index (χ1v) is 24.8. The molecule has 10 heteroatoms. The number of hydrogen-bond acceptors (Lipinski definition) is 0. The third-order valence-electron chi connectivity index (χ3n) is 0. The molecular formula is AsBiCl7F. The van der Waals surface area contributed by atoms with E-state index in [1.807, 2.05) is 0 Å². The van der Waals surface area contributed by atoms with Crippen molar-refractivity contribution in [1.82, 2.24) is 0 Å². The van der Waals surface area contributed by atoms with Gasteiger partial charge in [0.15, 0.2) is 0 Å². The minimum atomic E-state index is -5.10. The van der Waals surface area contributed by atoms with Crippen molar-refractivity contribution in [3.05, 3.63) is 0 Å². The van der Waals surface area contributed by atoms with Crippen LogP contribution in [-0.2, 0) is 0 Å². The van der Waals surface area contributed by atoms with Gasteiger partial charge >= 0.3 is 96.1 Å². The van der Waals surface area contributed by atoms with Gasteiger partial charge in [-0.1, -0.05) is 0 Å². The Labute approximate surface area is 94.3 Å². The van der Waals surface area contributed by atoms with Crippen LogP contribution in [-0.4, -0.2) is 27.3 Å². The molecule has 66 valence electrons. The third kappa shape index (κ3) is 107. The average Bonchev–Trinajstić information content (AvgIpc) is 1.14. The Morgan fingerprint density at radius 1 is 0.900 bits per heavy atom. The van der Waals surface area contributed by atoms with E-state index in [4.69, 9.17) is 25.5 Å². The fraction of sp³-hybridized carbons (Fsp3) is 0. The zero-order valence-corrected chi connectivity index (χ0v) is 14.6. The van der Waals surface area contributed by atoms with Crippen LogP contribution in [0.25, 0.3) is 0 Å². The van der Waals surface area contributed by atoms with Crippen molar-refractivity contribution >= 4 is 92.7 Å². The van der Waals surface area contributed by atoms with Gasteiger partial charge in [0.05, 0.1) is 0 Å². The monoisotopic (exact) mass is 548 g/mol. The van der Waals surface area contributed by atoms with Crippen molar-refractivity contribution in [1.29, 1.82) is 0 Å². The molecule has 0 aliphatic carbocycles. The van der Waals surface area contributed by atoms with E-state index in [0.717, 1.165) is 0 Å². The summed E-state index contributed by atoms with van der Waals surface area (Å²) < 4.78 is 11.6. The Hall–Kier alpha value is 3.40. The summed E-state index contributed by atoms with van der Waals surface area (Å²) in [4.78, 5) is 0. The van der Waals surface area contributed by atoms with Crippen LogP contribution < -0.4 is 0 Å². The van der Waals surface area contributed by atoms with Crippen LogP contribution in [0.2, 0.25) is 0 Å². The molecule has 0 fully saturated rings. The van der Waals surface area contributed by atoms with Gasteiger partial charge in [-0.3, -0.25) is 0 Å². The molecule has 0 aromatic rings. The van der Waals surface area contributed by atoms with Crippen molar-refractivity contribution in [2.24, 2.45) is 0 Å². The predicted octanol–water partition coefficient (Wildman–Crippen LogP) is 4.49. The summed E-state index contributed by atoms with van der Waals surface area (Å²) in [5, 5.41) is 0. The number of rotatable bonds is 0. The summed E-state index contributed by atoms with van der Waals surface area (Å²) >= 11 is -2.18. The molecule has 0 unspecified atom stereocenters. The molecule has 0 bridgehead atoms. The topological polar surface area (TPSA) is 0 Å². The second kappa shape index (κ2) is 5.99. The molecule has 0 radical (unpaired) electrons. The SMILES string of the molecule is F[As](Cl)(Cl)(Cl)Cl.[Cl][Bi]([Cl])[Cl]. The molecule has 10 heavy (non-hydrogen) atoms. The quantitative estimate of drug-likeness (QED) is 0.390. The Balaban J connectivity index is 0. The summed E-state index contributed by atoms with van der Waals surface area (Å²) in [5.41, 5.74) is 0. The molecule has 0 aromatic carbocycles. The first-order valence-electron chi connectivity index (χ1n) is 1.35. The molecule has 0 spiro atoms. The van der Waals surface area contributed by atoms with Gasteiger partial charge in [-0.15, -0.1) is 0 Å². The number of halogens is 8. The van der Waals surface area contributed by atoms with E-state index in [0.29, 0.717) is 0 Å². The predicted molar refractivity (Wildman–Crippen MR) is 53.6 cm³/mol. The van der Waals surface area contributed by atoms with Crippen molar-refractivity contribution in [3.8, 4) is 0 Å². The second-order valence-electron chi connectivity index (χ2n) is 0.831. The molecule has 0 aliphatic heterocycles. The molecule has 0 rings (SSSR count). The van der Waals surface area contributed by atoms with E-state index in [9.17, 15) is 3.47 Å². The maximum atomic E-state index is 11.6. The van der Waals surface area contributed by atoms with E-state index < -0.39 is 27.3 Å². The van der Waals surface area contributed by atoms with Crippen LogP contribution in [0.3, 0.4) is 0 Å². The molecule has 0 atom stereocenters. The van der Waals surface area contributed by atoms with Crippen LogP contribution in [0.1, 0.15) is 0 Å². The molecule has 0 amide bonds. The zero-order valence-electron chi connectivity index (χ0n) is 3.92. The van der Waals surface area contributed by atoms with Gasteiger partial charge in [0.2, 0.25) is 0 Å². The molecule has 0 N–H and O–H groups in total.